The van der Waals surface area contributed by atoms with Gasteiger partial charge in [-0.1, -0.05) is 0 Å². The number of hydrogen-bond acceptors (Lipinski definition) is 6. The Bertz CT molecular complexity index is 991. The lowest BCUT2D eigenvalue weighted by Gasteiger charge is -2.26. The van der Waals surface area contributed by atoms with Crippen LogP contribution in [-0.4, -0.2) is 64.7 Å². The molecule has 0 aromatic heterocycles. The number of hydrogen-bond donors (Lipinski definition) is 1. The first-order valence-electron chi connectivity index (χ1n) is 9.93. The maximum atomic E-state index is 14.2. The lowest BCUT2D eigenvalue weighted by molar-refractivity contribution is 0.0730. The fourth-order valence-corrected chi connectivity index (χ4v) is 4.44. The minimum absolute atomic E-state index is 0.117. The van der Waals surface area contributed by atoms with Crippen LogP contribution in [0.2, 0.25) is 0 Å². The molecule has 10 heteroatoms. The molecule has 8 nitrogen and oxygen atoms in total. The number of benzene rings is 2. The van der Waals surface area contributed by atoms with Crippen molar-refractivity contribution >= 4 is 15.9 Å². The summed E-state index contributed by atoms with van der Waals surface area (Å²) in [5, 5.41) is 2.54. The van der Waals surface area contributed by atoms with Crippen LogP contribution in [0.3, 0.4) is 0 Å². The van der Waals surface area contributed by atoms with E-state index >= 15 is 0 Å². The van der Waals surface area contributed by atoms with Crippen LogP contribution in [-0.2, 0) is 14.8 Å². The molecule has 3 rings (SSSR count). The Labute approximate surface area is 181 Å². The van der Waals surface area contributed by atoms with Gasteiger partial charge >= 0.3 is 0 Å². The van der Waals surface area contributed by atoms with E-state index in [4.69, 9.17) is 14.2 Å². The molecule has 1 N–H and O–H groups in total. The molecule has 1 aliphatic heterocycles. The monoisotopic (exact) mass is 452 g/mol. The molecule has 1 heterocycles. The average molecular weight is 453 g/mol. The second-order valence-electron chi connectivity index (χ2n) is 6.67. The summed E-state index contributed by atoms with van der Waals surface area (Å²) in [5.74, 6) is -0.189. The van der Waals surface area contributed by atoms with Gasteiger partial charge < -0.3 is 19.5 Å². The highest BCUT2D eigenvalue weighted by Crippen LogP contribution is 2.20. The van der Waals surface area contributed by atoms with Crippen LogP contribution in [0.5, 0.6) is 11.5 Å². The van der Waals surface area contributed by atoms with Crippen molar-refractivity contribution in [3.05, 3.63) is 53.8 Å². The van der Waals surface area contributed by atoms with Gasteiger partial charge in [0.2, 0.25) is 10.0 Å². The molecular weight excluding hydrogens is 427 g/mol. The first kappa shape index (κ1) is 23.0. The number of ether oxygens (including phenoxy) is 3. The number of rotatable bonds is 9. The predicted octanol–water partition coefficient (Wildman–Crippen LogP) is 2.05. The number of carbonyl (C=O) groups excluding carboxylic acids is 1. The summed E-state index contributed by atoms with van der Waals surface area (Å²) < 4.78 is 57.0. The third kappa shape index (κ3) is 5.93. The number of amides is 1. The SMILES string of the molecule is CCOc1ccc(OCCNC(=O)c2cc(S(=O)(=O)N3CCOCC3)ccc2F)cc1. The van der Waals surface area contributed by atoms with Crippen LogP contribution in [0.15, 0.2) is 47.4 Å². The fourth-order valence-electron chi connectivity index (χ4n) is 3.00. The van der Waals surface area contributed by atoms with Gasteiger partial charge in [-0.3, -0.25) is 4.79 Å². The van der Waals surface area contributed by atoms with Crippen molar-refractivity contribution in [2.24, 2.45) is 0 Å². The van der Waals surface area contributed by atoms with E-state index in [1.165, 1.54) is 4.31 Å². The molecular formula is C21H25FN2O6S. The summed E-state index contributed by atoms with van der Waals surface area (Å²) in [7, 11) is -3.83. The molecule has 31 heavy (non-hydrogen) atoms. The summed E-state index contributed by atoms with van der Waals surface area (Å²) in [4.78, 5) is 12.3. The van der Waals surface area contributed by atoms with Crippen molar-refractivity contribution in [2.75, 3.05) is 46.1 Å². The second kappa shape index (κ2) is 10.6. The van der Waals surface area contributed by atoms with Crippen molar-refractivity contribution in [2.45, 2.75) is 11.8 Å². The Kier molecular flexibility index (Phi) is 7.83. The van der Waals surface area contributed by atoms with E-state index in [2.05, 4.69) is 5.32 Å². The molecule has 1 saturated heterocycles. The number of halogens is 1. The minimum atomic E-state index is -3.83. The van der Waals surface area contributed by atoms with Gasteiger partial charge in [0.1, 0.15) is 23.9 Å². The van der Waals surface area contributed by atoms with Crippen molar-refractivity contribution in [3.63, 3.8) is 0 Å². The quantitative estimate of drug-likeness (QED) is 0.586. The number of nitrogens with one attached hydrogen (secondary N) is 1. The van der Waals surface area contributed by atoms with E-state index < -0.39 is 21.7 Å². The Morgan fingerprint density at radius 2 is 1.74 bits per heavy atom. The lowest BCUT2D eigenvalue weighted by Crippen LogP contribution is -2.40. The van der Waals surface area contributed by atoms with Crippen LogP contribution >= 0.6 is 0 Å². The van der Waals surface area contributed by atoms with E-state index in [1.54, 1.807) is 24.3 Å². The summed E-state index contributed by atoms with van der Waals surface area (Å²) >= 11 is 0. The maximum Gasteiger partial charge on any atom is 0.254 e. The third-order valence-corrected chi connectivity index (χ3v) is 6.48. The summed E-state index contributed by atoms with van der Waals surface area (Å²) in [5.41, 5.74) is -0.338. The summed E-state index contributed by atoms with van der Waals surface area (Å²) in [6, 6.07) is 10.2. The summed E-state index contributed by atoms with van der Waals surface area (Å²) in [6.07, 6.45) is 0. The first-order valence-corrected chi connectivity index (χ1v) is 11.4. The van der Waals surface area contributed by atoms with Crippen molar-refractivity contribution in [3.8, 4) is 11.5 Å². The van der Waals surface area contributed by atoms with E-state index in [1.807, 2.05) is 6.92 Å². The highest BCUT2D eigenvalue weighted by atomic mass is 32.2. The molecule has 0 radical (unpaired) electrons. The molecule has 168 valence electrons. The molecule has 0 saturated carbocycles. The van der Waals surface area contributed by atoms with E-state index in [0.29, 0.717) is 25.6 Å². The molecule has 1 fully saturated rings. The smallest absolute Gasteiger partial charge is 0.254 e. The standard InChI is InChI=1S/C21H25FN2O6S/c1-2-29-16-3-5-17(6-4-16)30-12-9-23-21(25)19-15-18(7-8-20(19)22)31(26,27)24-10-13-28-14-11-24/h3-8,15H,2,9-14H2,1H3,(H,23,25). The lowest BCUT2D eigenvalue weighted by atomic mass is 10.2. The van der Waals surface area contributed by atoms with Gasteiger partial charge in [0.25, 0.3) is 5.91 Å². The average Bonchev–Trinajstić information content (AvgIpc) is 2.78. The topological polar surface area (TPSA) is 94.2 Å². The highest BCUT2D eigenvalue weighted by Gasteiger charge is 2.27. The normalized spacial score (nSPS) is 14.8. The zero-order valence-electron chi connectivity index (χ0n) is 17.2. The molecule has 0 spiro atoms. The molecule has 0 atom stereocenters. The Morgan fingerprint density at radius 1 is 1.10 bits per heavy atom. The van der Waals surface area contributed by atoms with Gasteiger partial charge in [-0.15, -0.1) is 0 Å². The third-order valence-electron chi connectivity index (χ3n) is 4.58. The molecule has 1 amide bonds. The largest absolute Gasteiger partial charge is 0.494 e. The Morgan fingerprint density at radius 3 is 2.39 bits per heavy atom. The first-order chi connectivity index (χ1) is 14.9. The van der Waals surface area contributed by atoms with Gasteiger partial charge in [0.15, 0.2) is 0 Å². The minimum Gasteiger partial charge on any atom is -0.494 e. The molecule has 1 aliphatic rings. The van der Waals surface area contributed by atoms with Crippen LogP contribution in [0.25, 0.3) is 0 Å². The molecule has 2 aromatic rings. The second-order valence-corrected chi connectivity index (χ2v) is 8.60. The van der Waals surface area contributed by atoms with Gasteiger partial charge in [-0.2, -0.15) is 4.31 Å². The van der Waals surface area contributed by atoms with Gasteiger partial charge in [0, 0.05) is 13.1 Å². The van der Waals surface area contributed by atoms with E-state index in [9.17, 15) is 17.6 Å². The van der Waals surface area contributed by atoms with Crippen LogP contribution < -0.4 is 14.8 Å². The molecule has 0 bridgehead atoms. The van der Waals surface area contributed by atoms with Gasteiger partial charge in [-0.25, -0.2) is 12.8 Å². The predicted molar refractivity (Wildman–Crippen MR) is 111 cm³/mol. The number of morpholine rings is 1. The highest BCUT2D eigenvalue weighted by molar-refractivity contribution is 7.89. The molecule has 0 aliphatic carbocycles. The fraction of sp³-hybridized carbons (Fsp3) is 0.381. The number of carbonyl (C=O) groups is 1. The van der Waals surface area contributed by atoms with Crippen LogP contribution in [0.4, 0.5) is 4.39 Å². The number of nitrogens with zero attached hydrogens (tertiary/aromatic N) is 1. The number of sulfonamides is 1. The van der Waals surface area contributed by atoms with Crippen molar-refractivity contribution in [1.82, 2.24) is 9.62 Å². The Hall–Kier alpha value is -2.69. The van der Waals surface area contributed by atoms with Crippen molar-refractivity contribution < 1.29 is 31.8 Å². The van der Waals surface area contributed by atoms with Crippen molar-refractivity contribution in [1.29, 1.82) is 0 Å². The zero-order chi connectivity index (χ0) is 22.3. The van der Waals surface area contributed by atoms with Gasteiger partial charge in [-0.05, 0) is 49.4 Å². The van der Waals surface area contributed by atoms with Crippen LogP contribution in [0.1, 0.15) is 17.3 Å². The molecule has 0 unspecified atom stereocenters. The molecule has 2 aromatic carbocycles. The maximum absolute atomic E-state index is 14.2. The van der Waals surface area contributed by atoms with E-state index in [-0.39, 0.29) is 36.7 Å². The summed E-state index contributed by atoms with van der Waals surface area (Å²) in [6.45, 7) is 3.75. The van der Waals surface area contributed by atoms with Crippen LogP contribution in [0, 0.1) is 5.82 Å². The van der Waals surface area contributed by atoms with Gasteiger partial charge in [0.05, 0.1) is 36.8 Å². The van der Waals surface area contributed by atoms with E-state index in [0.717, 1.165) is 23.9 Å². The Balaban J connectivity index is 1.58. The zero-order valence-corrected chi connectivity index (χ0v) is 18.0.